The van der Waals surface area contributed by atoms with Crippen molar-refractivity contribution in [2.45, 2.75) is 44.4 Å². The molecule has 0 aromatic carbocycles. The number of rotatable bonds is 1. The van der Waals surface area contributed by atoms with E-state index in [1.165, 1.54) is 7.11 Å². The van der Waals surface area contributed by atoms with Gasteiger partial charge in [-0.3, -0.25) is 0 Å². The van der Waals surface area contributed by atoms with Crippen molar-refractivity contribution in [2.24, 2.45) is 0 Å². The van der Waals surface area contributed by atoms with Crippen molar-refractivity contribution in [3.05, 3.63) is 0 Å². The molecule has 12 heavy (non-hydrogen) atoms. The molecule has 1 heterocycles. The maximum absolute atomic E-state index is 9.40. The smallest absolute Gasteiger partial charge is 0.186 e. The SMILES string of the molecule is COC1OC(C)(C)CC(O)C1O. The molecule has 0 aromatic heterocycles. The van der Waals surface area contributed by atoms with Crippen molar-refractivity contribution in [2.75, 3.05) is 7.11 Å². The van der Waals surface area contributed by atoms with E-state index in [-0.39, 0.29) is 0 Å². The molecule has 72 valence electrons. The molecule has 2 N–H and O–H groups in total. The molecule has 0 aromatic rings. The molecular formula is C8H16O4. The summed E-state index contributed by atoms with van der Waals surface area (Å²) in [5.41, 5.74) is -0.431. The van der Waals surface area contributed by atoms with E-state index >= 15 is 0 Å². The summed E-state index contributed by atoms with van der Waals surface area (Å²) >= 11 is 0. The highest BCUT2D eigenvalue weighted by molar-refractivity contribution is 4.86. The van der Waals surface area contributed by atoms with Crippen LogP contribution in [0, 0.1) is 0 Å². The van der Waals surface area contributed by atoms with Crippen LogP contribution in [0.25, 0.3) is 0 Å². The monoisotopic (exact) mass is 176 g/mol. The molecule has 0 saturated carbocycles. The van der Waals surface area contributed by atoms with Gasteiger partial charge in [0.2, 0.25) is 0 Å². The van der Waals surface area contributed by atoms with Crippen molar-refractivity contribution in [3.63, 3.8) is 0 Å². The Hall–Kier alpha value is -0.160. The number of ether oxygens (including phenoxy) is 2. The second-order valence-electron chi connectivity index (χ2n) is 3.74. The average molecular weight is 176 g/mol. The van der Waals surface area contributed by atoms with Crippen LogP contribution >= 0.6 is 0 Å². The van der Waals surface area contributed by atoms with E-state index in [2.05, 4.69) is 0 Å². The molecular weight excluding hydrogens is 160 g/mol. The highest BCUT2D eigenvalue weighted by atomic mass is 16.7. The predicted molar refractivity (Wildman–Crippen MR) is 42.6 cm³/mol. The Morgan fingerprint density at radius 1 is 1.42 bits per heavy atom. The number of hydrogen-bond donors (Lipinski definition) is 2. The van der Waals surface area contributed by atoms with E-state index in [0.717, 1.165) is 0 Å². The first-order valence-corrected chi connectivity index (χ1v) is 4.03. The Kier molecular flexibility index (Phi) is 2.73. The van der Waals surface area contributed by atoms with Gasteiger partial charge in [0.05, 0.1) is 11.7 Å². The molecule has 1 saturated heterocycles. The van der Waals surface area contributed by atoms with E-state index < -0.39 is 24.1 Å². The van der Waals surface area contributed by atoms with Gasteiger partial charge in [0.1, 0.15) is 6.10 Å². The van der Waals surface area contributed by atoms with Gasteiger partial charge in [0.15, 0.2) is 6.29 Å². The normalized spacial score (nSPS) is 41.2. The van der Waals surface area contributed by atoms with E-state index in [1.54, 1.807) is 0 Å². The van der Waals surface area contributed by atoms with E-state index in [0.29, 0.717) is 6.42 Å². The summed E-state index contributed by atoms with van der Waals surface area (Å²) < 4.78 is 10.3. The summed E-state index contributed by atoms with van der Waals surface area (Å²) in [6.45, 7) is 3.71. The third-order valence-corrected chi connectivity index (χ3v) is 2.04. The zero-order chi connectivity index (χ0) is 9.35. The zero-order valence-electron chi connectivity index (χ0n) is 7.65. The molecule has 0 spiro atoms. The first-order valence-electron chi connectivity index (χ1n) is 4.03. The average Bonchev–Trinajstić information content (AvgIpc) is 1.96. The van der Waals surface area contributed by atoms with Gasteiger partial charge in [0, 0.05) is 13.5 Å². The maximum atomic E-state index is 9.40. The predicted octanol–water partition coefficient (Wildman–Crippen LogP) is -0.120. The third kappa shape index (κ3) is 1.95. The second kappa shape index (κ2) is 3.30. The number of aliphatic hydroxyl groups is 2. The van der Waals surface area contributed by atoms with Crippen molar-refractivity contribution < 1.29 is 19.7 Å². The number of aliphatic hydroxyl groups excluding tert-OH is 2. The second-order valence-corrected chi connectivity index (χ2v) is 3.74. The quantitative estimate of drug-likeness (QED) is 0.584. The Balaban J connectivity index is 2.65. The fourth-order valence-electron chi connectivity index (χ4n) is 1.43. The molecule has 1 fully saturated rings. The standard InChI is InChI=1S/C8H16O4/c1-8(2)4-5(9)6(10)7(11-3)12-8/h5-7,9-10H,4H2,1-3H3. The molecule has 3 atom stereocenters. The van der Waals surface area contributed by atoms with Crippen LogP contribution in [0.1, 0.15) is 20.3 Å². The van der Waals surface area contributed by atoms with Gasteiger partial charge in [0.25, 0.3) is 0 Å². The largest absolute Gasteiger partial charge is 0.390 e. The molecule has 0 amide bonds. The van der Waals surface area contributed by atoms with Crippen LogP contribution in [-0.4, -0.2) is 41.4 Å². The van der Waals surface area contributed by atoms with Gasteiger partial charge >= 0.3 is 0 Å². The maximum Gasteiger partial charge on any atom is 0.186 e. The van der Waals surface area contributed by atoms with Crippen LogP contribution < -0.4 is 0 Å². The fourth-order valence-corrected chi connectivity index (χ4v) is 1.43. The minimum Gasteiger partial charge on any atom is -0.390 e. The molecule has 3 unspecified atom stereocenters. The van der Waals surface area contributed by atoms with Gasteiger partial charge in [-0.1, -0.05) is 0 Å². The van der Waals surface area contributed by atoms with E-state index in [1.807, 2.05) is 13.8 Å². The van der Waals surface area contributed by atoms with Crippen LogP contribution in [0.5, 0.6) is 0 Å². The van der Waals surface area contributed by atoms with Crippen molar-refractivity contribution in [3.8, 4) is 0 Å². The summed E-state index contributed by atoms with van der Waals surface area (Å²) in [6.07, 6.45) is -2.00. The molecule has 0 bridgehead atoms. The zero-order valence-corrected chi connectivity index (χ0v) is 7.65. The van der Waals surface area contributed by atoms with Crippen molar-refractivity contribution in [1.82, 2.24) is 0 Å². The highest BCUT2D eigenvalue weighted by Gasteiger charge is 2.40. The van der Waals surface area contributed by atoms with Crippen LogP contribution in [0.15, 0.2) is 0 Å². The molecule has 1 rings (SSSR count). The Labute approximate surface area is 72.1 Å². The van der Waals surface area contributed by atoms with Gasteiger partial charge in [-0.15, -0.1) is 0 Å². The van der Waals surface area contributed by atoms with Gasteiger partial charge in [-0.25, -0.2) is 0 Å². The minimum absolute atomic E-state index is 0.425. The van der Waals surface area contributed by atoms with Crippen molar-refractivity contribution >= 4 is 0 Å². The van der Waals surface area contributed by atoms with Crippen molar-refractivity contribution in [1.29, 1.82) is 0 Å². The van der Waals surface area contributed by atoms with Gasteiger partial charge < -0.3 is 19.7 Å². The molecule has 4 heteroatoms. The third-order valence-electron chi connectivity index (χ3n) is 2.04. The molecule has 0 radical (unpaired) electrons. The Bertz CT molecular complexity index is 157. The summed E-state index contributed by atoms with van der Waals surface area (Å²) in [4.78, 5) is 0. The minimum atomic E-state index is -0.942. The summed E-state index contributed by atoms with van der Waals surface area (Å²) in [5.74, 6) is 0. The molecule has 1 aliphatic heterocycles. The van der Waals surface area contributed by atoms with Gasteiger partial charge in [-0.05, 0) is 13.8 Å². The Morgan fingerprint density at radius 3 is 2.50 bits per heavy atom. The highest BCUT2D eigenvalue weighted by Crippen LogP contribution is 2.28. The van der Waals surface area contributed by atoms with E-state index in [4.69, 9.17) is 9.47 Å². The lowest BCUT2D eigenvalue weighted by atomic mass is 9.93. The lowest BCUT2D eigenvalue weighted by Crippen LogP contribution is -2.52. The Morgan fingerprint density at radius 2 is 2.00 bits per heavy atom. The topological polar surface area (TPSA) is 58.9 Å². The van der Waals surface area contributed by atoms with Crippen LogP contribution in [-0.2, 0) is 9.47 Å². The number of hydrogen-bond acceptors (Lipinski definition) is 4. The first kappa shape index (κ1) is 9.92. The summed E-state index contributed by atoms with van der Waals surface area (Å²) in [5, 5.41) is 18.8. The fraction of sp³-hybridized carbons (Fsp3) is 1.00. The molecule has 1 aliphatic rings. The van der Waals surface area contributed by atoms with Crippen LogP contribution in [0.4, 0.5) is 0 Å². The van der Waals surface area contributed by atoms with E-state index in [9.17, 15) is 10.2 Å². The van der Waals surface area contributed by atoms with Crippen LogP contribution in [0.2, 0.25) is 0 Å². The van der Waals surface area contributed by atoms with Gasteiger partial charge in [-0.2, -0.15) is 0 Å². The number of methoxy groups -OCH3 is 1. The molecule has 4 nitrogen and oxygen atoms in total. The lowest BCUT2D eigenvalue weighted by molar-refractivity contribution is -0.282. The summed E-state index contributed by atoms with van der Waals surface area (Å²) in [6, 6.07) is 0. The lowest BCUT2D eigenvalue weighted by Gasteiger charge is -2.40. The summed E-state index contributed by atoms with van der Waals surface area (Å²) in [7, 11) is 1.45. The molecule has 0 aliphatic carbocycles. The van der Waals surface area contributed by atoms with Crippen LogP contribution in [0.3, 0.4) is 0 Å². The first-order chi connectivity index (χ1) is 5.46.